The van der Waals surface area contributed by atoms with E-state index in [1.165, 1.54) is 49.7 Å². The SMILES string of the molecule is COc1ccc(S(=O)(=O)c2ccc3c(=O)n(Cc4ccc(C)cc4F)ncc3c2)cc1. The Hall–Kier alpha value is -3.52. The van der Waals surface area contributed by atoms with Crippen LogP contribution in [0.4, 0.5) is 4.39 Å². The molecule has 0 atom stereocenters. The van der Waals surface area contributed by atoms with Crippen molar-refractivity contribution in [1.29, 1.82) is 0 Å². The zero-order valence-corrected chi connectivity index (χ0v) is 17.7. The highest BCUT2D eigenvalue weighted by molar-refractivity contribution is 7.91. The monoisotopic (exact) mass is 438 g/mol. The Morgan fingerprint density at radius 1 is 1.00 bits per heavy atom. The minimum absolute atomic E-state index is 0.0210. The molecule has 0 amide bonds. The minimum atomic E-state index is -3.78. The molecule has 8 heteroatoms. The standard InChI is InChI=1S/C23H19FN2O4S/c1-15-3-4-16(22(24)11-15)14-26-23(27)21-10-9-20(12-17(21)13-25-26)31(28,29)19-7-5-18(30-2)6-8-19/h3-13H,14H2,1-2H3. The summed E-state index contributed by atoms with van der Waals surface area (Å²) in [6, 6.07) is 15.1. The average Bonchev–Trinajstić information content (AvgIpc) is 2.77. The molecule has 0 saturated carbocycles. The summed E-state index contributed by atoms with van der Waals surface area (Å²) >= 11 is 0. The van der Waals surface area contributed by atoms with E-state index in [0.29, 0.717) is 22.1 Å². The molecule has 0 radical (unpaired) electrons. The first-order valence-corrected chi connectivity index (χ1v) is 10.9. The maximum Gasteiger partial charge on any atom is 0.274 e. The number of ether oxygens (including phenoxy) is 1. The fraction of sp³-hybridized carbons (Fsp3) is 0.130. The van der Waals surface area contributed by atoms with E-state index in [2.05, 4.69) is 5.10 Å². The number of hydrogen-bond donors (Lipinski definition) is 0. The van der Waals surface area contributed by atoms with E-state index in [1.54, 1.807) is 31.2 Å². The number of fused-ring (bicyclic) bond motifs is 1. The molecule has 0 N–H and O–H groups in total. The molecule has 4 rings (SSSR count). The Bertz CT molecular complexity index is 1450. The normalized spacial score (nSPS) is 11.6. The third kappa shape index (κ3) is 3.94. The van der Waals surface area contributed by atoms with Gasteiger partial charge in [0.15, 0.2) is 0 Å². The van der Waals surface area contributed by atoms with Crippen LogP contribution < -0.4 is 10.3 Å². The van der Waals surface area contributed by atoms with E-state index >= 15 is 0 Å². The van der Waals surface area contributed by atoms with Crippen molar-refractivity contribution in [3.8, 4) is 5.75 Å². The maximum absolute atomic E-state index is 14.2. The first kappa shape index (κ1) is 20.7. The Morgan fingerprint density at radius 2 is 1.71 bits per heavy atom. The van der Waals surface area contributed by atoms with Crippen LogP contribution in [0.25, 0.3) is 10.8 Å². The van der Waals surface area contributed by atoms with Gasteiger partial charge in [-0.2, -0.15) is 5.10 Å². The molecule has 1 heterocycles. The highest BCUT2D eigenvalue weighted by Gasteiger charge is 2.19. The summed E-state index contributed by atoms with van der Waals surface area (Å²) < 4.78 is 46.3. The van der Waals surface area contributed by atoms with Crippen LogP contribution in [0, 0.1) is 12.7 Å². The Labute approximate surface area is 178 Å². The number of halogens is 1. The number of methoxy groups -OCH3 is 1. The van der Waals surface area contributed by atoms with Crippen LogP contribution >= 0.6 is 0 Å². The quantitative estimate of drug-likeness (QED) is 0.474. The number of aromatic nitrogens is 2. The Balaban J connectivity index is 1.72. The van der Waals surface area contributed by atoms with Gasteiger partial charge in [-0.15, -0.1) is 0 Å². The van der Waals surface area contributed by atoms with Crippen LogP contribution in [0.1, 0.15) is 11.1 Å². The largest absolute Gasteiger partial charge is 0.497 e. The highest BCUT2D eigenvalue weighted by atomic mass is 32.2. The van der Waals surface area contributed by atoms with Crippen LogP contribution in [0.3, 0.4) is 0 Å². The first-order chi connectivity index (χ1) is 14.8. The van der Waals surface area contributed by atoms with Gasteiger partial charge in [-0.25, -0.2) is 17.5 Å². The predicted molar refractivity (Wildman–Crippen MR) is 115 cm³/mol. The van der Waals surface area contributed by atoms with Gasteiger partial charge in [0.05, 0.1) is 35.0 Å². The van der Waals surface area contributed by atoms with Crippen molar-refractivity contribution in [3.63, 3.8) is 0 Å². The third-order valence-corrected chi connectivity index (χ3v) is 6.80. The highest BCUT2D eigenvalue weighted by Crippen LogP contribution is 2.25. The molecular weight excluding hydrogens is 419 g/mol. The van der Waals surface area contributed by atoms with Gasteiger partial charge in [-0.05, 0) is 61.0 Å². The molecule has 31 heavy (non-hydrogen) atoms. The summed E-state index contributed by atoms with van der Waals surface area (Å²) in [4.78, 5) is 13.0. The molecule has 4 aromatic rings. The number of aryl methyl sites for hydroxylation is 1. The lowest BCUT2D eigenvalue weighted by Crippen LogP contribution is -2.23. The van der Waals surface area contributed by atoms with Crippen LogP contribution in [0.2, 0.25) is 0 Å². The summed E-state index contributed by atoms with van der Waals surface area (Å²) in [5.74, 6) is 0.141. The summed E-state index contributed by atoms with van der Waals surface area (Å²) in [6.45, 7) is 1.76. The Kier molecular flexibility index (Phi) is 5.32. The summed E-state index contributed by atoms with van der Waals surface area (Å²) in [7, 11) is -2.28. The zero-order chi connectivity index (χ0) is 22.2. The molecule has 0 saturated heterocycles. The molecule has 0 bridgehead atoms. The van der Waals surface area contributed by atoms with Gasteiger partial charge in [-0.1, -0.05) is 12.1 Å². The fourth-order valence-electron chi connectivity index (χ4n) is 3.28. The molecule has 0 fully saturated rings. The predicted octanol–water partition coefficient (Wildman–Crippen LogP) is 3.73. The summed E-state index contributed by atoms with van der Waals surface area (Å²) in [6.07, 6.45) is 1.41. The number of sulfone groups is 1. The molecule has 6 nitrogen and oxygen atoms in total. The van der Waals surface area contributed by atoms with E-state index < -0.39 is 21.2 Å². The second-order valence-electron chi connectivity index (χ2n) is 7.13. The summed E-state index contributed by atoms with van der Waals surface area (Å²) in [5, 5.41) is 4.80. The number of hydrogen-bond acceptors (Lipinski definition) is 5. The first-order valence-electron chi connectivity index (χ1n) is 9.43. The molecule has 158 valence electrons. The van der Waals surface area contributed by atoms with Gasteiger partial charge < -0.3 is 4.74 Å². The van der Waals surface area contributed by atoms with E-state index in [9.17, 15) is 17.6 Å². The van der Waals surface area contributed by atoms with E-state index in [1.807, 2.05) is 0 Å². The Morgan fingerprint density at radius 3 is 2.39 bits per heavy atom. The molecule has 3 aromatic carbocycles. The van der Waals surface area contributed by atoms with Crippen molar-refractivity contribution in [2.45, 2.75) is 23.3 Å². The molecule has 0 aliphatic carbocycles. The van der Waals surface area contributed by atoms with Crippen LogP contribution in [-0.4, -0.2) is 25.3 Å². The van der Waals surface area contributed by atoms with Gasteiger partial charge in [0, 0.05) is 10.9 Å². The molecular formula is C23H19FN2O4S. The molecule has 1 aromatic heterocycles. The second kappa shape index (κ2) is 7.96. The average molecular weight is 438 g/mol. The van der Waals surface area contributed by atoms with Gasteiger partial charge in [0.25, 0.3) is 5.56 Å². The lowest BCUT2D eigenvalue weighted by molar-refractivity contribution is 0.414. The van der Waals surface area contributed by atoms with Crippen molar-refractivity contribution in [2.24, 2.45) is 0 Å². The van der Waals surface area contributed by atoms with E-state index in [-0.39, 0.29) is 16.3 Å². The van der Waals surface area contributed by atoms with Crippen molar-refractivity contribution in [3.05, 3.63) is 94.2 Å². The van der Waals surface area contributed by atoms with E-state index in [0.717, 1.165) is 10.2 Å². The van der Waals surface area contributed by atoms with Crippen molar-refractivity contribution >= 4 is 20.6 Å². The molecule has 0 unspecified atom stereocenters. The van der Waals surface area contributed by atoms with Crippen molar-refractivity contribution < 1.29 is 17.5 Å². The topological polar surface area (TPSA) is 78.3 Å². The number of nitrogens with zero attached hydrogens (tertiary/aromatic N) is 2. The fourth-order valence-corrected chi connectivity index (χ4v) is 4.57. The lowest BCUT2D eigenvalue weighted by Gasteiger charge is -2.09. The van der Waals surface area contributed by atoms with Crippen molar-refractivity contribution in [2.75, 3.05) is 7.11 Å². The zero-order valence-electron chi connectivity index (χ0n) is 16.9. The summed E-state index contributed by atoms with van der Waals surface area (Å²) in [5.41, 5.74) is 0.704. The van der Waals surface area contributed by atoms with Gasteiger partial charge in [-0.3, -0.25) is 4.79 Å². The number of benzene rings is 3. The third-order valence-electron chi connectivity index (χ3n) is 5.03. The van der Waals surface area contributed by atoms with Crippen LogP contribution in [-0.2, 0) is 16.4 Å². The lowest BCUT2D eigenvalue weighted by atomic mass is 10.1. The van der Waals surface area contributed by atoms with Crippen molar-refractivity contribution in [1.82, 2.24) is 9.78 Å². The maximum atomic E-state index is 14.2. The molecule has 0 spiro atoms. The van der Waals surface area contributed by atoms with Gasteiger partial charge in [0.2, 0.25) is 9.84 Å². The second-order valence-corrected chi connectivity index (χ2v) is 9.08. The van der Waals surface area contributed by atoms with Gasteiger partial charge in [0.1, 0.15) is 11.6 Å². The van der Waals surface area contributed by atoms with Gasteiger partial charge >= 0.3 is 0 Å². The number of rotatable bonds is 5. The molecule has 0 aliphatic rings. The minimum Gasteiger partial charge on any atom is -0.497 e. The van der Waals surface area contributed by atoms with Crippen LogP contribution in [0.15, 0.2) is 81.4 Å². The molecule has 0 aliphatic heterocycles. The van der Waals surface area contributed by atoms with E-state index in [4.69, 9.17) is 4.74 Å². The van der Waals surface area contributed by atoms with Crippen LogP contribution in [0.5, 0.6) is 5.75 Å². The smallest absolute Gasteiger partial charge is 0.274 e.